The molecule has 0 radical (unpaired) electrons. The first-order valence-corrected chi connectivity index (χ1v) is 8.70. The standard InChI is InChI=1S/C17H18BrNOS/c1-19(11-13-4-3-5-15(18)10-13)12-17(20)14-6-8-16(21-2)9-7-14/h3-10H,11-12H2,1-2H3. The van der Waals surface area contributed by atoms with E-state index in [0.717, 1.165) is 16.6 Å². The van der Waals surface area contributed by atoms with E-state index in [1.165, 1.54) is 10.5 Å². The molecule has 2 aromatic rings. The molecular formula is C17H18BrNOS. The lowest BCUT2D eigenvalue weighted by molar-refractivity contribution is 0.0943. The molecule has 0 aliphatic rings. The SMILES string of the molecule is CSc1ccc(C(=O)CN(C)Cc2cccc(Br)c2)cc1. The van der Waals surface area contributed by atoms with Gasteiger partial charge in [0.15, 0.2) is 5.78 Å². The van der Waals surface area contributed by atoms with Gasteiger partial charge in [0.2, 0.25) is 0 Å². The molecular weight excluding hydrogens is 346 g/mol. The number of thioether (sulfide) groups is 1. The molecule has 0 atom stereocenters. The Morgan fingerprint density at radius 3 is 2.52 bits per heavy atom. The molecule has 2 aromatic carbocycles. The van der Waals surface area contributed by atoms with Gasteiger partial charge in [-0.3, -0.25) is 9.69 Å². The van der Waals surface area contributed by atoms with Crippen molar-refractivity contribution in [1.82, 2.24) is 4.90 Å². The molecule has 0 unspecified atom stereocenters. The van der Waals surface area contributed by atoms with Gasteiger partial charge >= 0.3 is 0 Å². The monoisotopic (exact) mass is 363 g/mol. The summed E-state index contributed by atoms with van der Waals surface area (Å²) in [6.07, 6.45) is 2.03. The van der Waals surface area contributed by atoms with E-state index in [-0.39, 0.29) is 5.78 Å². The predicted molar refractivity (Wildman–Crippen MR) is 93.0 cm³/mol. The lowest BCUT2D eigenvalue weighted by Gasteiger charge is -2.16. The van der Waals surface area contributed by atoms with Gasteiger partial charge in [-0.05, 0) is 43.1 Å². The molecule has 0 aliphatic carbocycles. The zero-order valence-electron chi connectivity index (χ0n) is 12.2. The van der Waals surface area contributed by atoms with E-state index < -0.39 is 0 Å². The zero-order valence-corrected chi connectivity index (χ0v) is 14.6. The zero-order chi connectivity index (χ0) is 15.2. The second kappa shape index (κ2) is 7.78. The van der Waals surface area contributed by atoms with Gasteiger partial charge in [-0.25, -0.2) is 0 Å². The van der Waals surface area contributed by atoms with Crippen LogP contribution in [0.1, 0.15) is 15.9 Å². The van der Waals surface area contributed by atoms with Gasteiger partial charge in [0.05, 0.1) is 6.54 Å². The van der Waals surface area contributed by atoms with Crippen molar-refractivity contribution >= 4 is 33.5 Å². The van der Waals surface area contributed by atoms with Crippen LogP contribution in [0.3, 0.4) is 0 Å². The van der Waals surface area contributed by atoms with Gasteiger partial charge in [0, 0.05) is 21.5 Å². The maximum absolute atomic E-state index is 12.3. The Hall–Kier alpha value is -1.10. The Labute approximate surface area is 138 Å². The van der Waals surface area contributed by atoms with E-state index in [0.29, 0.717) is 6.54 Å². The van der Waals surface area contributed by atoms with Crippen LogP contribution in [0.25, 0.3) is 0 Å². The first-order valence-electron chi connectivity index (χ1n) is 6.68. The number of hydrogen-bond donors (Lipinski definition) is 0. The van der Waals surface area contributed by atoms with Gasteiger partial charge in [-0.1, -0.05) is 40.2 Å². The molecule has 21 heavy (non-hydrogen) atoms. The number of benzene rings is 2. The van der Waals surface area contributed by atoms with E-state index in [1.54, 1.807) is 11.8 Å². The summed E-state index contributed by atoms with van der Waals surface area (Å²) in [4.78, 5) is 15.5. The van der Waals surface area contributed by atoms with Gasteiger partial charge in [0.25, 0.3) is 0 Å². The van der Waals surface area contributed by atoms with Gasteiger partial charge in [-0.15, -0.1) is 11.8 Å². The summed E-state index contributed by atoms with van der Waals surface area (Å²) in [7, 11) is 1.97. The fourth-order valence-electron chi connectivity index (χ4n) is 2.12. The first-order chi connectivity index (χ1) is 10.1. The van der Waals surface area contributed by atoms with Crippen molar-refractivity contribution in [2.24, 2.45) is 0 Å². The lowest BCUT2D eigenvalue weighted by atomic mass is 10.1. The van der Waals surface area contributed by atoms with Crippen molar-refractivity contribution in [1.29, 1.82) is 0 Å². The molecule has 0 bridgehead atoms. The van der Waals surface area contributed by atoms with Gasteiger partial charge < -0.3 is 0 Å². The van der Waals surface area contributed by atoms with Crippen LogP contribution in [0, 0.1) is 0 Å². The maximum atomic E-state index is 12.3. The smallest absolute Gasteiger partial charge is 0.176 e. The van der Waals surface area contributed by atoms with Crippen LogP contribution >= 0.6 is 27.7 Å². The Balaban J connectivity index is 1.95. The van der Waals surface area contributed by atoms with E-state index in [9.17, 15) is 4.79 Å². The minimum absolute atomic E-state index is 0.153. The number of ketones is 1. The highest BCUT2D eigenvalue weighted by Gasteiger charge is 2.10. The molecule has 0 saturated heterocycles. The normalized spacial score (nSPS) is 10.9. The van der Waals surface area contributed by atoms with E-state index in [2.05, 4.69) is 28.1 Å². The van der Waals surface area contributed by atoms with Crippen molar-refractivity contribution in [3.05, 3.63) is 64.1 Å². The maximum Gasteiger partial charge on any atom is 0.176 e. The van der Waals surface area contributed by atoms with Crippen LogP contribution in [0.15, 0.2) is 57.9 Å². The lowest BCUT2D eigenvalue weighted by Crippen LogP contribution is -2.25. The average Bonchev–Trinajstić information content (AvgIpc) is 2.47. The van der Waals surface area contributed by atoms with Crippen LogP contribution in [0.2, 0.25) is 0 Å². The van der Waals surface area contributed by atoms with Crippen LogP contribution < -0.4 is 0 Å². The van der Waals surface area contributed by atoms with Crippen molar-refractivity contribution in [2.75, 3.05) is 19.8 Å². The topological polar surface area (TPSA) is 20.3 Å². The summed E-state index contributed by atoms with van der Waals surface area (Å²) < 4.78 is 1.06. The number of carbonyl (C=O) groups is 1. The molecule has 2 rings (SSSR count). The molecule has 0 amide bonds. The van der Waals surface area contributed by atoms with Crippen LogP contribution in [0.4, 0.5) is 0 Å². The van der Waals surface area contributed by atoms with Crippen molar-refractivity contribution in [3.63, 3.8) is 0 Å². The summed E-state index contributed by atoms with van der Waals surface area (Å²) in [5.41, 5.74) is 1.96. The van der Waals surface area contributed by atoms with Crippen LogP contribution in [0.5, 0.6) is 0 Å². The molecule has 0 saturated carbocycles. The second-order valence-electron chi connectivity index (χ2n) is 4.95. The third-order valence-electron chi connectivity index (χ3n) is 3.17. The average molecular weight is 364 g/mol. The highest BCUT2D eigenvalue weighted by atomic mass is 79.9. The molecule has 0 aromatic heterocycles. The number of carbonyl (C=O) groups excluding carboxylic acids is 1. The molecule has 110 valence electrons. The number of likely N-dealkylation sites (N-methyl/N-ethyl adjacent to an activating group) is 1. The minimum atomic E-state index is 0.153. The van der Waals surface area contributed by atoms with Gasteiger partial charge in [-0.2, -0.15) is 0 Å². The van der Waals surface area contributed by atoms with Crippen LogP contribution in [-0.4, -0.2) is 30.5 Å². The molecule has 0 aliphatic heterocycles. The Morgan fingerprint density at radius 1 is 1.19 bits per heavy atom. The minimum Gasteiger partial charge on any atom is -0.295 e. The van der Waals surface area contributed by atoms with Crippen molar-refractivity contribution in [3.8, 4) is 0 Å². The number of Topliss-reactive ketones (excluding diaryl/α,β-unsaturated/α-hetero) is 1. The first kappa shape index (κ1) is 16.3. The second-order valence-corrected chi connectivity index (χ2v) is 6.75. The fraction of sp³-hybridized carbons (Fsp3) is 0.235. The number of rotatable bonds is 6. The largest absolute Gasteiger partial charge is 0.295 e. The highest BCUT2D eigenvalue weighted by molar-refractivity contribution is 9.10. The predicted octanol–water partition coefficient (Wildman–Crippen LogP) is 4.49. The third kappa shape index (κ3) is 4.99. The summed E-state index contributed by atoms with van der Waals surface area (Å²) in [5, 5.41) is 0. The Morgan fingerprint density at radius 2 is 1.90 bits per heavy atom. The molecule has 4 heteroatoms. The molecule has 0 N–H and O–H groups in total. The molecule has 2 nitrogen and oxygen atoms in total. The molecule has 0 spiro atoms. The Bertz CT molecular complexity index is 612. The number of nitrogens with zero attached hydrogens (tertiary/aromatic N) is 1. The summed E-state index contributed by atoms with van der Waals surface area (Å²) in [5.74, 6) is 0.153. The van der Waals surface area contributed by atoms with Crippen LogP contribution in [-0.2, 0) is 6.54 Å². The summed E-state index contributed by atoms with van der Waals surface area (Å²) in [6.45, 7) is 1.18. The highest BCUT2D eigenvalue weighted by Crippen LogP contribution is 2.16. The quantitative estimate of drug-likeness (QED) is 0.557. The molecule has 0 heterocycles. The van der Waals surface area contributed by atoms with E-state index >= 15 is 0 Å². The third-order valence-corrected chi connectivity index (χ3v) is 4.40. The van der Waals surface area contributed by atoms with E-state index in [1.807, 2.05) is 54.6 Å². The van der Waals surface area contributed by atoms with Gasteiger partial charge in [0.1, 0.15) is 0 Å². The Kier molecular flexibility index (Phi) is 6.03. The summed E-state index contributed by atoms with van der Waals surface area (Å²) in [6, 6.07) is 16.0. The fourth-order valence-corrected chi connectivity index (χ4v) is 2.97. The summed E-state index contributed by atoms with van der Waals surface area (Å²) >= 11 is 5.15. The molecule has 0 fully saturated rings. The number of halogens is 1. The van der Waals surface area contributed by atoms with E-state index in [4.69, 9.17) is 0 Å². The van der Waals surface area contributed by atoms with Crippen molar-refractivity contribution < 1.29 is 4.79 Å². The van der Waals surface area contributed by atoms with Crippen molar-refractivity contribution in [2.45, 2.75) is 11.4 Å². The number of hydrogen-bond acceptors (Lipinski definition) is 3.